The number of rotatable bonds is 4. The van der Waals surface area contributed by atoms with Crippen LogP contribution in [0.1, 0.15) is 49.5 Å². The Kier molecular flexibility index (Phi) is 4.13. The van der Waals surface area contributed by atoms with Crippen molar-refractivity contribution in [3.8, 4) is 0 Å². The van der Waals surface area contributed by atoms with Crippen LogP contribution in [0.2, 0.25) is 0 Å². The molecule has 1 aliphatic heterocycles. The first-order chi connectivity index (χ1) is 9.00. The topological polar surface area (TPSA) is 40.5 Å². The number of hydrogen-bond acceptors (Lipinski definition) is 2. The highest BCUT2D eigenvalue weighted by Gasteiger charge is 2.25. The van der Waals surface area contributed by atoms with Crippen LogP contribution in [-0.4, -0.2) is 23.7 Å². The zero-order valence-corrected chi connectivity index (χ0v) is 12.0. The second-order valence-electron chi connectivity index (χ2n) is 5.88. The lowest BCUT2D eigenvalue weighted by atomic mass is 9.93. The third kappa shape index (κ3) is 2.91. The van der Waals surface area contributed by atoms with Gasteiger partial charge in [-0.05, 0) is 49.8 Å². The molecule has 1 aromatic rings. The molecule has 1 N–H and O–H groups in total. The first kappa shape index (κ1) is 13.9. The van der Waals surface area contributed by atoms with Crippen LogP contribution >= 0.6 is 0 Å². The number of carbonyl (C=O) groups is 1. The fourth-order valence-electron chi connectivity index (χ4n) is 3.12. The van der Waals surface area contributed by atoms with Gasteiger partial charge in [0.05, 0.1) is 5.56 Å². The first-order valence-corrected chi connectivity index (χ1v) is 7.12. The SMILES string of the molecule is CC(C)CC(C)N1CCCc2c(C(=O)O)cccc21. The van der Waals surface area contributed by atoms with Crippen molar-refractivity contribution >= 4 is 11.7 Å². The normalized spacial score (nSPS) is 16.3. The van der Waals surface area contributed by atoms with E-state index in [-0.39, 0.29) is 0 Å². The summed E-state index contributed by atoms with van der Waals surface area (Å²) < 4.78 is 0. The molecule has 0 aromatic heterocycles. The van der Waals surface area contributed by atoms with Gasteiger partial charge in [0.1, 0.15) is 0 Å². The van der Waals surface area contributed by atoms with Crippen LogP contribution in [0.4, 0.5) is 5.69 Å². The Morgan fingerprint density at radius 3 is 2.74 bits per heavy atom. The van der Waals surface area contributed by atoms with Crippen LogP contribution in [0.5, 0.6) is 0 Å². The molecule has 1 aliphatic rings. The van der Waals surface area contributed by atoms with Gasteiger partial charge in [-0.3, -0.25) is 0 Å². The predicted octanol–water partition coefficient (Wildman–Crippen LogP) is 3.57. The van der Waals surface area contributed by atoms with E-state index in [1.165, 1.54) is 0 Å². The second kappa shape index (κ2) is 5.64. The Balaban J connectivity index is 2.34. The number of benzene rings is 1. The van der Waals surface area contributed by atoms with E-state index in [1.54, 1.807) is 6.07 Å². The summed E-state index contributed by atoms with van der Waals surface area (Å²) in [5.74, 6) is -0.154. The van der Waals surface area contributed by atoms with Crippen LogP contribution in [0, 0.1) is 5.92 Å². The number of fused-ring (bicyclic) bond motifs is 1. The smallest absolute Gasteiger partial charge is 0.336 e. The van der Waals surface area contributed by atoms with Gasteiger partial charge in [0.25, 0.3) is 0 Å². The molecule has 1 atom stereocenters. The average Bonchev–Trinajstić information content (AvgIpc) is 2.36. The number of aromatic carboxylic acids is 1. The van der Waals surface area contributed by atoms with Crippen LogP contribution in [-0.2, 0) is 6.42 Å². The Bertz CT molecular complexity index is 468. The van der Waals surface area contributed by atoms with Crippen molar-refractivity contribution in [3.05, 3.63) is 29.3 Å². The van der Waals surface area contributed by atoms with Crippen molar-refractivity contribution < 1.29 is 9.90 Å². The van der Waals surface area contributed by atoms with Crippen molar-refractivity contribution in [2.45, 2.75) is 46.1 Å². The Hall–Kier alpha value is -1.51. The van der Waals surface area contributed by atoms with E-state index in [0.29, 0.717) is 17.5 Å². The summed E-state index contributed by atoms with van der Waals surface area (Å²) in [5, 5.41) is 9.29. The fourth-order valence-corrected chi connectivity index (χ4v) is 3.12. The van der Waals surface area contributed by atoms with Gasteiger partial charge in [-0.15, -0.1) is 0 Å². The third-order valence-corrected chi connectivity index (χ3v) is 3.86. The zero-order valence-electron chi connectivity index (χ0n) is 12.0. The molecule has 0 spiro atoms. The van der Waals surface area contributed by atoms with Crippen LogP contribution in [0.15, 0.2) is 18.2 Å². The van der Waals surface area contributed by atoms with Gasteiger partial charge in [-0.1, -0.05) is 19.9 Å². The molecule has 0 amide bonds. The predicted molar refractivity (Wildman–Crippen MR) is 78.0 cm³/mol. The summed E-state index contributed by atoms with van der Waals surface area (Å²) in [4.78, 5) is 13.7. The van der Waals surface area contributed by atoms with E-state index in [1.807, 2.05) is 6.07 Å². The molecule has 3 nitrogen and oxygen atoms in total. The molecule has 1 unspecified atom stereocenters. The van der Waals surface area contributed by atoms with E-state index in [9.17, 15) is 9.90 Å². The maximum atomic E-state index is 11.3. The molecule has 3 heteroatoms. The zero-order chi connectivity index (χ0) is 14.0. The summed E-state index contributed by atoms with van der Waals surface area (Å²) >= 11 is 0. The minimum absolute atomic E-state index is 0.461. The molecule has 0 bridgehead atoms. The number of nitrogens with zero attached hydrogens (tertiary/aromatic N) is 1. The maximum Gasteiger partial charge on any atom is 0.336 e. The lowest BCUT2D eigenvalue weighted by molar-refractivity contribution is 0.0695. The van der Waals surface area contributed by atoms with Gasteiger partial charge in [0, 0.05) is 18.3 Å². The standard InChI is InChI=1S/C16H23NO2/c1-11(2)10-12(3)17-9-5-7-13-14(16(18)19)6-4-8-15(13)17/h4,6,8,11-12H,5,7,9-10H2,1-3H3,(H,18,19). The monoisotopic (exact) mass is 261 g/mol. The van der Waals surface area contributed by atoms with E-state index in [2.05, 4.69) is 31.7 Å². The molecule has 104 valence electrons. The van der Waals surface area contributed by atoms with Gasteiger partial charge in [-0.2, -0.15) is 0 Å². The van der Waals surface area contributed by atoms with Crippen molar-refractivity contribution in [1.29, 1.82) is 0 Å². The Morgan fingerprint density at radius 2 is 2.11 bits per heavy atom. The fraction of sp³-hybridized carbons (Fsp3) is 0.562. The molecule has 2 rings (SSSR count). The van der Waals surface area contributed by atoms with Gasteiger partial charge in [0.2, 0.25) is 0 Å². The van der Waals surface area contributed by atoms with Crippen molar-refractivity contribution in [1.82, 2.24) is 0 Å². The Labute approximate surface area is 115 Å². The summed E-state index contributed by atoms with van der Waals surface area (Å²) in [7, 11) is 0. The molecule has 0 aliphatic carbocycles. The lowest BCUT2D eigenvalue weighted by Gasteiger charge is -2.37. The van der Waals surface area contributed by atoms with Crippen LogP contribution in [0.25, 0.3) is 0 Å². The molecular formula is C16H23NO2. The van der Waals surface area contributed by atoms with E-state index < -0.39 is 5.97 Å². The highest BCUT2D eigenvalue weighted by molar-refractivity contribution is 5.91. The minimum Gasteiger partial charge on any atom is -0.478 e. The summed E-state index contributed by atoms with van der Waals surface area (Å²) in [6.45, 7) is 7.73. The third-order valence-electron chi connectivity index (χ3n) is 3.86. The van der Waals surface area contributed by atoms with Gasteiger partial charge in [0.15, 0.2) is 0 Å². The van der Waals surface area contributed by atoms with Crippen LogP contribution in [0.3, 0.4) is 0 Å². The molecule has 0 saturated heterocycles. The van der Waals surface area contributed by atoms with E-state index >= 15 is 0 Å². The second-order valence-corrected chi connectivity index (χ2v) is 5.88. The van der Waals surface area contributed by atoms with Crippen molar-refractivity contribution in [2.75, 3.05) is 11.4 Å². The van der Waals surface area contributed by atoms with Crippen LogP contribution < -0.4 is 4.90 Å². The largest absolute Gasteiger partial charge is 0.478 e. The van der Waals surface area contributed by atoms with Gasteiger partial charge in [-0.25, -0.2) is 4.79 Å². The van der Waals surface area contributed by atoms with Gasteiger partial charge >= 0.3 is 5.97 Å². The van der Waals surface area contributed by atoms with E-state index in [0.717, 1.165) is 37.1 Å². The van der Waals surface area contributed by atoms with E-state index in [4.69, 9.17) is 0 Å². The van der Waals surface area contributed by atoms with Crippen molar-refractivity contribution in [2.24, 2.45) is 5.92 Å². The molecule has 0 saturated carbocycles. The molecule has 0 fully saturated rings. The number of anilines is 1. The maximum absolute atomic E-state index is 11.3. The first-order valence-electron chi connectivity index (χ1n) is 7.12. The number of hydrogen-bond donors (Lipinski definition) is 1. The minimum atomic E-state index is -0.810. The summed E-state index contributed by atoms with van der Waals surface area (Å²) in [5.41, 5.74) is 2.61. The molecule has 1 aromatic carbocycles. The summed E-state index contributed by atoms with van der Waals surface area (Å²) in [6.07, 6.45) is 3.05. The lowest BCUT2D eigenvalue weighted by Crippen LogP contribution is -2.38. The Morgan fingerprint density at radius 1 is 1.37 bits per heavy atom. The molecular weight excluding hydrogens is 238 g/mol. The quantitative estimate of drug-likeness (QED) is 0.900. The molecule has 0 radical (unpaired) electrons. The highest BCUT2D eigenvalue weighted by Crippen LogP contribution is 2.32. The average molecular weight is 261 g/mol. The van der Waals surface area contributed by atoms with Crippen molar-refractivity contribution in [3.63, 3.8) is 0 Å². The molecule has 19 heavy (non-hydrogen) atoms. The summed E-state index contributed by atoms with van der Waals surface area (Å²) in [6, 6.07) is 6.11. The highest BCUT2D eigenvalue weighted by atomic mass is 16.4. The van der Waals surface area contributed by atoms with Gasteiger partial charge < -0.3 is 10.0 Å². The number of carboxylic acid groups (broad SMARTS) is 1. The molecule has 1 heterocycles. The number of carboxylic acids is 1.